The van der Waals surface area contributed by atoms with Crippen LogP contribution in [-0.2, 0) is 9.59 Å². The minimum atomic E-state index is -0.269. The summed E-state index contributed by atoms with van der Waals surface area (Å²) >= 11 is 0. The maximum absolute atomic E-state index is 13.1. The third-order valence-corrected chi connectivity index (χ3v) is 5.90. The van der Waals surface area contributed by atoms with Gasteiger partial charge in [-0.2, -0.15) is 0 Å². The molecule has 2 aromatic carbocycles. The number of carbonyl (C=O) groups is 2. The van der Waals surface area contributed by atoms with Gasteiger partial charge in [0.1, 0.15) is 0 Å². The Bertz CT molecular complexity index is 1350. The van der Waals surface area contributed by atoms with E-state index in [1.807, 2.05) is 24.3 Å². The third kappa shape index (κ3) is 3.88. The van der Waals surface area contributed by atoms with Crippen molar-refractivity contribution in [1.29, 1.82) is 0 Å². The van der Waals surface area contributed by atoms with E-state index in [1.165, 1.54) is 0 Å². The van der Waals surface area contributed by atoms with Gasteiger partial charge in [0.15, 0.2) is 11.5 Å². The smallest absolute Gasteiger partial charge is 0.257 e. The Morgan fingerprint density at radius 2 is 1.79 bits per heavy atom. The van der Waals surface area contributed by atoms with Gasteiger partial charge in [-0.15, -0.1) is 0 Å². The van der Waals surface area contributed by atoms with Crippen LogP contribution >= 0.6 is 0 Å². The van der Waals surface area contributed by atoms with Crippen molar-refractivity contribution in [3.8, 4) is 22.6 Å². The maximum Gasteiger partial charge on any atom is 0.257 e. The molecule has 0 radical (unpaired) electrons. The topological polar surface area (TPSA) is 114 Å². The van der Waals surface area contributed by atoms with Crippen LogP contribution in [0.2, 0.25) is 0 Å². The Morgan fingerprint density at radius 1 is 0.912 bits per heavy atom. The molecule has 2 amide bonds. The molecule has 3 aliphatic rings. The average Bonchev–Trinajstić information content (AvgIpc) is 3.61. The summed E-state index contributed by atoms with van der Waals surface area (Å²) in [5, 5.41) is 5.85. The molecule has 0 unspecified atom stereocenters. The van der Waals surface area contributed by atoms with Gasteiger partial charge in [-0.1, -0.05) is 6.07 Å². The molecule has 3 aromatic rings. The normalized spacial score (nSPS) is 15.4. The summed E-state index contributed by atoms with van der Waals surface area (Å²) in [4.78, 5) is 29.6. The highest BCUT2D eigenvalue weighted by Crippen LogP contribution is 2.36. The summed E-state index contributed by atoms with van der Waals surface area (Å²) in [6.45, 7) is 0.171. The molecule has 1 aromatic heterocycles. The van der Waals surface area contributed by atoms with Crippen LogP contribution in [-0.4, -0.2) is 23.6 Å². The summed E-state index contributed by atoms with van der Waals surface area (Å²) in [6.07, 6.45) is 6.87. The van der Waals surface area contributed by atoms with Crippen molar-refractivity contribution in [2.45, 2.75) is 12.8 Å². The van der Waals surface area contributed by atoms with E-state index in [4.69, 9.17) is 9.47 Å². The van der Waals surface area contributed by atoms with Crippen molar-refractivity contribution < 1.29 is 19.1 Å². The van der Waals surface area contributed by atoms with E-state index in [0.29, 0.717) is 28.4 Å². The number of nitrogens with zero attached hydrogens (tertiary/aromatic N) is 1. The van der Waals surface area contributed by atoms with Crippen LogP contribution in [0, 0.1) is 5.92 Å². The zero-order valence-corrected chi connectivity index (χ0v) is 18.1. The van der Waals surface area contributed by atoms with Gasteiger partial charge in [0.05, 0.1) is 23.1 Å². The first-order valence-corrected chi connectivity index (χ1v) is 11.0. The lowest BCUT2D eigenvalue weighted by Gasteiger charge is -2.21. The quantitative estimate of drug-likeness (QED) is 0.464. The summed E-state index contributed by atoms with van der Waals surface area (Å²) < 4.78 is 10.7. The van der Waals surface area contributed by atoms with Gasteiger partial charge in [-0.05, 0) is 48.7 Å². The number of pyridine rings is 1. The van der Waals surface area contributed by atoms with Gasteiger partial charge in [-0.25, -0.2) is 0 Å². The molecule has 34 heavy (non-hydrogen) atoms. The molecule has 0 atom stereocenters. The molecule has 3 heterocycles. The molecule has 4 N–H and O–H groups in total. The molecule has 0 spiro atoms. The van der Waals surface area contributed by atoms with Crippen molar-refractivity contribution >= 4 is 34.4 Å². The van der Waals surface area contributed by atoms with Gasteiger partial charge in [0.2, 0.25) is 12.7 Å². The fourth-order valence-corrected chi connectivity index (χ4v) is 3.94. The monoisotopic (exact) mass is 455 g/mol. The molecule has 1 saturated carbocycles. The number of rotatable bonds is 5. The minimum absolute atomic E-state index is 0.0325. The number of fused-ring (bicyclic) bond motifs is 2. The number of hydrazine groups is 1. The molecule has 0 saturated heterocycles. The highest BCUT2D eigenvalue weighted by molar-refractivity contribution is 6.27. The van der Waals surface area contributed by atoms with Gasteiger partial charge >= 0.3 is 0 Å². The number of aromatic nitrogens is 1. The predicted molar refractivity (Wildman–Crippen MR) is 127 cm³/mol. The van der Waals surface area contributed by atoms with E-state index >= 15 is 0 Å². The standard InChI is InChI=1S/C25H21N5O4/c31-24(14-1-2-14)29-18-7-16(10-26-11-18)15-3-5-21-19(8-15)20(12-27-30-21)25(32)28-17-4-6-22-23(9-17)34-13-33-22/h3-12,14,27,30H,1-2,13H2,(H,28,32)(H,29,31). The second-order valence-corrected chi connectivity index (χ2v) is 8.34. The first-order chi connectivity index (χ1) is 16.6. The van der Waals surface area contributed by atoms with E-state index in [2.05, 4.69) is 26.5 Å². The molecular formula is C25H21N5O4. The van der Waals surface area contributed by atoms with Gasteiger partial charge in [-0.3, -0.25) is 14.6 Å². The number of amides is 2. The summed E-state index contributed by atoms with van der Waals surface area (Å²) in [7, 11) is 0. The van der Waals surface area contributed by atoms with Crippen LogP contribution in [0.4, 0.5) is 17.1 Å². The number of hydrogen-bond acceptors (Lipinski definition) is 7. The SMILES string of the molecule is O=C(Nc1ccc2c(c1)OCO2)C1=CNNc2ccc(-c3cncc(NC(=O)C4CC4)c3)cc21. The summed E-state index contributed by atoms with van der Waals surface area (Å²) in [5.41, 5.74) is 10.9. The van der Waals surface area contributed by atoms with Crippen LogP contribution < -0.4 is 31.0 Å². The lowest BCUT2D eigenvalue weighted by Crippen LogP contribution is -2.25. The third-order valence-electron chi connectivity index (χ3n) is 5.90. The molecule has 1 aliphatic carbocycles. The number of benzene rings is 2. The van der Waals surface area contributed by atoms with E-state index in [9.17, 15) is 9.59 Å². The van der Waals surface area contributed by atoms with E-state index < -0.39 is 0 Å². The maximum atomic E-state index is 13.1. The lowest BCUT2D eigenvalue weighted by atomic mass is 9.97. The van der Waals surface area contributed by atoms with Crippen LogP contribution in [0.3, 0.4) is 0 Å². The zero-order valence-electron chi connectivity index (χ0n) is 18.1. The zero-order chi connectivity index (χ0) is 23.1. The number of anilines is 3. The number of nitrogens with one attached hydrogen (secondary N) is 4. The van der Waals surface area contributed by atoms with Gasteiger partial charge in [0.25, 0.3) is 5.91 Å². The summed E-state index contributed by atoms with van der Waals surface area (Å²) in [5.74, 6) is 1.13. The molecule has 6 rings (SSSR count). The second-order valence-electron chi connectivity index (χ2n) is 8.34. The van der Waals surface area contributed by atoms with Crippen molar-refractivity contribution in [2.75, 3.05) is 22.9 Å². The van der Waals surface area contributed by atoms with Crippen LogP contribution in [0.1, 0.15) is 18.4 Å². The van der Waals surface area contributed by atoms with Gasteiger partial charge < -0.3 is 31.0 Å². The fraction of sp³-hybridized carbons (Fsp3) is 0.160. The van der Waals surface area contributed by atoms with E-state index in [1.54, 1.807) is 36.8 Å². The first kappa shape index (κ1) is 20.1. The van der Waals surface area contributed by atoms with Crippen LogP contribution in [0.5, 0.6) is 11.5 Å². The van der Waals surface area contributed by atoms with Crippen molar-refractivity contribution in [3.05, 3.63) is 66.6 Å². The molecule has 9 nitrogen and oxygen atoms in total. The van der Waals surface area contributed by atoms with E-state index in [0.717, 1.165) is 35.2 Å². The highest BCUT2D eigenvalue weighted by Gasteiger charge is 2.29. The Labute approximate surface area is 195 Å². The lowest BCUT2D eigenvalue weighted by molar-refractivity contribution is -0.117. The highest BCUT2D eigenvalue weighted by atomic mass is 16.7. The molecule has 2 aliphatic heterocycles. The summed E-state index contributed by atoms with van der Waals surface area (Å²) in [6, 6.07) is 12.9. The minimum Gasteiger partial charge on any atom is -0.454 e. The molecule has 1 fully saturated rings. The van der Waals surface area contributed by atoms with Crippen molar-refractivity contribution in [2.24, 2.45) is 5.92 Å². The van der Waals surface area contributed by atoms with Crippen LogP contribution in [0.15, 0.2) is 61.1 Å². The van der Waals surface area contributed by atoms with Gasteiger partial charge in [0, 0.05) is 41.2 Å². The molecular weight excluding hydrogens is 434 g/mol. The Hall–Kier alpha value is -4.53. The number of hydrogen-bond donors (Lipinski definition) is 4. The number of carbonyl (C=O) groups excluding carboxylic acids is 2. The second kappa shape index (κ2) is 8.11. The Kier molecular flexibility index (Phi) is 4.80. The molecule has 0 bridgehead atoms. The Balaban J connectivity index is 1.26. The van der Waals surface area contributed by atoms with Crippen molar-refractivity contribution in [1.82, 2.24) is 10.4 Å². The van der Waals surface area contributed by atoms with Crippen LogP contribution in [0.25, 0.3) is 16.7 Å². The van der Waals surface area contributed by atoms with E-state index in [-0.39, 0.29) is 24.5 Å². The molecule has 9 heteroatoms. The largest absolute Gasteiger partial charge is 0.454 e. The predicted octanol–water partition coefficient (Wildman–Crippen LogP) is 3.74. The Morgan fingerprint density at radius 3 is 2.68 bits per heavy atom. The number of ether oxygens (including phenoxy) is 2. The average molecular weight is 455 g/mol. The van der Waals surface area contributed by atoms with Crippen molar-refractivity contribution in [3.63, 3.8) is 0 Å². The first-order valence-electron chi connectivity index (χ1n) is 11.0. The fourth-order valence-electron chi connectivity index (χ4n) is 3.94. The molecule has 170 valence electrons.